The maximum absolute atomic E-state index is 2.58. The summed E-state index contributed by atoms with van der Waals surface area (Å²) >= 11 is 0. The Labute approximate surface area is 144 Å². The lowest BCUT2D eigenvalue weighted by molar-refractivity contribution is 0.222. The molecule has 1 fully saturated rings. The van der Waals surface area contributed by atoms with Gasteiger partial charge in [0.15, 0.2) is 0 Å². The molecule has 1 saturated carbocycles. The van der Waals surface area contributed by atoms with Crippen LogP contribution in [-0.4, -0.2) is 0 Å². The minimum Gasteiger partial charge on any atom is -0.0844 e. The standard InChI is InChI=1S/C24H24/c1-3-8-17(9-4-1)20-12-7-13-22-21-15-14-19(24(20)22)16-23(21)18-10-5-2-6-11-18/h1-6,8-11,13-15,19-21,23-24H,7,12,16H2/t19-,20+,21-,23-,24+/m1/s1. The van der Waals surface area contributed by atoms with Crippen LogP contribution in [0.1, 0.15) is 42.2 Å². The molecular weight excluding hydrogens is 288 g/mol. The summed E-state index contributed by atoms with van der Waals surface area (Å²) in [5.41, 5.74) is 4.81. The lowest BCUT2D eigenvalue weighted by Gasteiger charge is -2.50. The van der Waals surface area contributed by atoms with E-state index in [9.17, 15) is 0 Å². The molecule has 2 bridgehead atoms. The molecule has 0 nitrogen and oxygen atoms in total. The summed E-state index contributed by atoms with van der Waals surface area (Å²) in [5, 5.41) is 0. The minimum absolute atomic E-state index is 0.619. The van der Waals surface area contributed by atoms with Gasteiger partial charge in [-0.1, -0.05) is 84.5 Å². The number of hydrogen-bond donors (Lipinski definition) is 0. The van der Waals surface area contributed by atoms with Crippen molar-refractivity contribution < 1.29 is 0 Å². The average molecular weight is 312 g/mol. The summed E-state index contributed by atoms with van der Waals surface area (Å²) in [4.78, 5) is 0. The molecule has 2 aromatic rings. The van der Waals surface area contributed by atoms with Gasteiger partial charge in [0.25, 0.3) is 0 Å². The molecule has 0 radical (unpaired) electrons. The molecular formula is C24H24. The molecule has 0 heterocycles. The van der Waals surface area contributed by atoms with E-state index in [1.165, 1.54) is 24.8 Å². The maximum atomic E-state index is 2.58. The van der Waals surface area contributed by atoms with Gasteiger partial charge in [-0.2, -0.15) is 0 Å². The molecule has 0 saturated heterocycles. The lowest BCUT2D eigenvalue weighted by Crippen LogP contribution is -2.39. The first-order valence-corrected chi connectivity index (χ1v) is 9.40. The number of benzene rings is 2. The molecule has 4 aliphatic carbocycles. The summed E-state index contributed by atoms with van der Waals surface area (Å²) in [5.74, 6) is 3.44. The molecule has 0 spiro atoms. The summed E-state index contributed by atoms with van der Waals surface area (Å²) in [6, 6.07) is 22.4. The Morgan fingerprint density at radius 3 is 2.08 bits per heavy atom. The summed E-state index contributed by atoms with van der Waals surface area (Å²) < 4.78 is 0. The van der Waals surface area contributed by atoms with Gasteiger partial charge in [-0.25, -0.2) is 0 Å². The molecule has 0 unspecified atom stereocenters. The number of hydrogen-bond acceptors (Lipinski definition) is 0. The zero-order valence-corrected chi connectivity index (χ0v) is 14.0. The van der Waals surface area contributed by atoms with Crippen LogP contribution >= 0.6 is 0 Å². The average Bonchev–Trinajstić information content (AvgIpc) is 2.69. The van der Waals surface area contributed by atoms with Gasteiger partial charge in [0, 0.05) is 5.92 Å². The number of rotatable bonds is 2. The fourth-order valence-corrected chi connectivity index (χ4v) is 5.52. The predicted molar refractivity (Wildman–Crippen MR) is 99.9 cm³/mol. The predicted octanol–water partition coefficient (Wildman–Crippen LogP) is 6.10. The Morgan fingerprint density at radius 1 is 0.708 bits per heavy atom. The molecule has 0 heteroatoms. The van der Waals surface area contributed by atoms with Crippen molar-refractivity contribution in [1.29, 1.82) is 0 Å². The van der Waals surface area contributed by atoms with E-state index in [4.69, 9.17) is 0 Å². The van der Waals surface area contributed by atoms with Crippen LogP contribution in [0.2, 0.25) is 0 Å². The monoisotopic (exact) mass is 312 g/mol. The molecule has 0 aromatic heterocycles. The van der Waals surface area contributed by atoms with Crippen molar-refractivity contribution in [1.82, 2.24) is 0 Å². The smallest absolute Gasteiger partial charge is 0.00490 e. The van der Waals surface area contributed by atoms with Gasteiger partial charge in [0.2, 0.25) is 0 Å². The van der Waals surface area contributed by atoms with Crippen molar-refractivity contribution in [3.63, 3.8) is 0 Å². The SMILES string of the molecule is C1=C[C@@H]2C3=CCC[C@@H](c4ccccc4)[C@@H]3[C@H]1C[C@@H]2c1ccccc1. The molecule has 4 aliphatic rings. The van der Waals surface area contributed by atoms with Crippen molar-refractivity contribution in [2.24, 2.45) is 17.8 Å². The van der Waals surface area contributed by atoms with Crippen LogP contribution in [0, 0.1) is 17.8 Å². The highest BCUT2D eigenvalue weighted by Gasteiger charge is 2.46. The first-order valence-electron chi connectivity index (χ1n) is 9.40. The third-order valence-corrected chi connectivity index (χ3v) is 6.50. The van der Waals surface area contributed by atoms with Crippen LogP contribution in [0.5, 0.6) is 0 Å². The second-order valence-electron chi connectivity index (χ2n) is 7.65. The molecule has 0 amide bonds. The zero-order chi connectivity index (χ0) is 15.9. The lowest BCUT2D eigenvalue weighted by atomic mass is 9.54. The third kappa shape index (κ3) is 2.20. The molecule has 6 rings (SSSR count). The van der Waals surface area contributed by atoms with Gasteiger partial charge in [0.1, 0.15) is 0 Å². The van der Waals surface area contributed by atoms with Crippen LogP contribution < -0.4 is 0 Å². The van der Waals surface area contributed by atoms with E-state index in [0.717, 1.165) is 5.92 Å². The number of fused-ring (bicyclic) bond motifs is 1. The fraction of sp³-hybridized carbons (Fsp3) is 0.333. The normalized spacial score (nSPS) is 33.8. The minimum atomic E-state index is 0.619. The fourth-order valence-electron chi connectivity index (χ4n) is 5.52. The highest BCUT2D eigenvalue weighted by atomic mass is 14.5. The Bertz CT molecular complexity index is 768. The molecule has 24 heavy (non-hydrogen) atoms. The van der Waals surface area contributed by atoms with Gasteiger partial charge in [-0.3, -0.25) is 0 Å². The van der Waals surface area contributed by atoms with Gasteiger partial charge in [-0.05, 0) is 54.1 Å². The van der Waals surface area contributed by atoms with E-state index in [-0.39, 0.29) is 0 Å². The van der Waals surface area contributed by atoms with Crippen molar-refractivity contribution in [3.8, 4) is 0 Å². The highest BCUT2D eigenvalue weighted by molar-refractivity contribution is 5.40. The van der Waals surface area contributed by atoms with Gasteiger partial charge >= 0.3 is 0 Å². The van der Waals surface area contributed by atoms with E-state index in [1.54, 1.807) is 11.1 Å². The second kappa shape index (κ2) is 5.77. The molecule has 2 aromatic carbocycles. The summed E-state index contributed by atoms with van der Waals surface area (Å²) in [6.07, 6.45) is 11.5. The van der Waals surface area contributed by atoms with Crippen molar-refractivity contribution in [2.45, 2.75) is 31.1 Å². The highest BCUT2D eigenvalue weighted by Crippen LogP contribution is 2.58. The first kappa shape index (κ1) is 14.3. The summed E-state index contributed by atoms with van der Waals surface area (Å²) in [7, 11) is 0. The number of allylic oxidation sites excluding steroid dienone is 4. The molecule has 0 N–H and O–H groups in total. The molecule has 0 aliphatic heterocycles. The topological polar surface area (TPSA) is 0 Å². The molecule has 5 atom stereocenters. The van der Waals surface area contributed by atoms with Crippen LogP contribution in [0.4, 0.5) is 0 Å². The summed E-state index contributed by atoms with van der Waals surface area (Å²) in [6.45, 7) is 0. The van der Waals surface area contributed by atoms with Crippen LogP contribution in [0.3, 0.4) is 0 Å². The largest absolute Gasteiger partial charge is 0.0844 e. The van der Waals surface area contributed by atoms with Crippen molar-refractivity contribution >= 4 is 0 Å². The van der Waals surface area contributed by atoms with E-state index >= 15 is 0 Å². The Hall–Kier alpha value is -2.08. The van der Waals surface area contributed by atoms with E-state index < -0.39 is 0 Å². The first-order chi connectivity index (χ1) is 11.9. The van der Waals surface area contributed by atoms with Gasteiger partial charge < -0.3 is 0 Å². The van der Waals surface area contributed by atoms with Gasteiger partial charge in [0.05, 0.1) is 0 Å². The Kier molecular flexibility index (Phi) is 3.43. The van der Waals surface area contributed by atoms with E-state index in [1.807, 2.05) is 0 Å². The van der Waals surface area contributed by atoms with Crippen LogP contribution in [0.25, 0.3) is 0 Å². The third-order valence-electron chi connectivity index (χ3n) is 6.50. The quantitative estimate of drug-likeness (QED) is 0.588. The zero-order valence-electron chi connectivity index (χ0n) is 14.0. The van der Waals surface area contributed by atoms with Crippen molar-refractivity contribution in [3.05, 3.63) is 95.6 Å². The van der Waals surface area contributed by atoms with Gasteiger partial charge in [-0.15, -0.1) is 0 Å². The van der Waals surface area contributed by atoms with Crippen LogP contribution in [-0.2, 0) is 0 Å². The Morgan fingerprint density at radius 2 is 1.38 bits per heavy atom. The van der Waals surface area contributed by atoms with Crippen LogP contribution in [0.15, 0.2) is 84.5 Å². The second-order valence-corrected chi connectivity index (χ2v) is 7.65. The Balaban J connectivity index is 1.52. The van der Waals surface area contributed by atoms with E-state index in [2.05, 4.69) is 78.9 Å². The van der Waals surface area contributed by atoms with Crippen molar-refractivity contribution in [2.75, 3.05) is 0 Å². The maximum Gasteiger partial charge on any atom is 0.00490 e. The van der Waals surface area contributed by atoms with E-state index in [0.29, 0.717) is 23.7 Å². The molecule has 120 valence electrons.